The zero-order valence-corrected chi connectivity index (χ0v) is 21.7. The molecule has 11 nitrogen and oxygen atoms in total. The Morgan fingerprint density at radius 3 is 2.60 bits per heavy atom. The number of halogens is 1. The Labute approximate surface area is 207 Å². The Morgan fingerprint density at radius 2 is 1.97 bits per heavy atom. The fourth-order valence-electron chi connectivity index (χ4n) is 3.77. The molecular formula is C22H30ClN4O7P. The van der Waals surface area contributed by atoms with Gasteiger partial charge < -0.3 is 14.0 Å². The molecular weight excluding hydrogens is 499 g/mol. The molecule has 1 aliphatic heterocycles. The first-order valence-electron chi connectivity index (χ1n) is 11.0. The van der Waals surface area contributed by atoms with Gasteiger partial charge in [-0.3, -0.25) is 28.6 Å². The van der Waals surface area contributed by atoms with Gasteiger partial charge in [0.15, 0.2) is 6.23 Å². The monoisotopic (exact) mass is 528 g/mol. The van der Waals surface area contributed by atoms with E-state index in [0.717, 1.165) is 5.56 Å². The van der Waals surface area contributed by atoms with Crippen LogP contribution >= 0.6 is 18.1 Å². The van der Waals surface area contributed by atoms with Gasteiger partial charge in [0, 0.05) is 24.8 Å². The smallest absolute Gasteiger partial charge is 0.362 e. The van der Waals surface area contributed by atoms with Crippen molar-refractivity contribution in [1.82, 2.24) is 19.1 Å². The Balaban J connectivity index is 1.94. The molecule has 13 heteroatoms. The molecule has 1 N–H and O–H groups in total. The number of esters is 1. The molecule has 192 valence electrons. The van der Waals surface area contributed by atoms with E-state index < -0.39 is 42.5 Å². The van der Waals surface area contributed by atoms with Crippen molar-refractivity contribution in [3.8, 4) is 0 Å². The highest BCUT2D eigenvalue weighted by Gasteiger charge is 2.38. The van der Waals surface area contributed by atoms with Crippen LogP contribution in [0.3, 0.4) is 0 Å². The molecule has 0 aliphatic carbocycles. The van der Waals surface area contributed by atoms with E-state index in [1.165, 1.54) is 36.6 Å². The van der Waals surface area contributed by atoms with Crippen LogP contribution in [-0.4, -0.2) is 78.1 Å². The van der Waals surface area contributed by atoms with Gasteiger partial charge in [-0.2, -0.15) is 0 Å². The molecule has 1 aliphatic rings. The number of aromatic nitrogens is 2. The van der Waals surface area contributed by atoms with Gasteiger partial charge in [-0.1, -0.05) is 30.3 Å². The van der Waals surface area contributed by atoms with Gasteiger partial charge in [-0.05, 0) is 44.2 Å². The highest BCUT2D eigenvalue weighted by molar-refractivity contribution is 7.83. The molecule has 4 atom stereocenters. The van der Waals surface area contributed by atoms with Crippen LogP contribution in [0, 0.1) is 6.92 Å². The molecule has 0 radical (unpaired) electrons. The summed E-state index contributed by atoms with van der Waals surface area (Å²) >= 11 is 6.01. The predicted octanol–water partition coefficient (Wildman–Crippen LogP) is 1.75. The minimum atomic E-state index is -3.57. The normalized spacial score (nSPS) is 21.4. The lowest BCUT2D eigenvalue weighted by Gasteiger charge is -2.41. The zero-order valence-electron chi connectivity index (χ0n) is 20.0. The minimum absolute atomic E-state index is 0.151. The fourth-order valence-corrected chi connectivity index (χ4v) is 4.52. The van der Waals surface area contributed by atoms with Gasteiger partial charge in [-0.15, -0.1) is 0 Å². The molecule has 0 amide bonds. The number of benzene rings is 1. The number of nitrogens with zero attached hydrogens (tertiary/aromatic N) is 3. The second-order valence-corrected chi connectivity index (χ2v) is 11.7. The molecule has 1 aromatic carbocycles. The number of carbonyl (C=O) groups is 1. The molecule has 0 saturated carbocycles. The summed E-state index contributed by atoms with van der Waals surface area (Å²) in [6, 6.07) is 8.77. The zero-order chi connectivity index (χ0) is 25.8. The van der Waals surface area contributed by atoms with Gasteiger partial charge in [0.05, 0.1) is 19.8 Å². The molecule has 2 heterocycles. The summed E-state index contributed by atoms with van der Waals surface area (Å²) in [4.78, 5) is 41.4. The van der Waals surface area contributed by atoms with Crippen LogP contribution in [0.2, 0.25) is 0 Å². The van der Waals surface area contributed by atoms with Crippen molar-refractivity contribution in [3.63, 3.8) is 0 Å². The number of hydrogen-bond acceptors (Lipinski definition) is 8. The summed E-state index contributed by atoms with van der Waals surface area (Å²) in [7, 11) is 4.37. The van der Waals surface area contributed by atoms with Crippen LogP contribution in [0.4, 0.5) is 0 Å². The maximum absolute atomic E-state index is 12.8. The number of aryl methyl sites for hydroxylation is 1. The maximum atomic E-state index is 12.8. The first-order valence-corrected chi connectivity index (χ1v) is 13.5. The number of methoxy groups -OCH3 is 1. The lowest BCUT2D eigenvalue weighted by Crippen LogP contribution is -2.55. The van der Waals surface area contributed by atoms with Crippen LogP contribution in [0.5, 0.6) is 0 Å². The Bertz CT molecular complexity index is 1190. The summed E-state index contributed by atoms with van der Waals surface area (Å²) in [5.74, 6) is -0.449. The second-order valence-electron chi connectivity index (χ2n) is 8.47. The van der Waals surface area contributed by atoms with Crippen molar-refractivity contribution in [2.24, 2.45) is 0 Å². The average Bonchev–Trinajstić information content (AvgIpc) is 2.83. The number of ether oxygens (including phenoxy) is 2. The van der Waals surface area contributed by atoms with E-state index in [-0.39, 0.29) is 19.7 Å². The van der Waals surface area contributed by atoms with Crippen molar-refractivity contribution < 1.29 is 23.4 Å². The maximum Gasteiger partial charge on any atom is 0.362 e. The van der Waals surface area contributed by atoms with E-state index in [9.17, 15) is 18.9 Å². The third kappa shape index (κ3) is 6.91. The van der Waals surface area contributed by atoms with Crippen LogP contribution in [0.15, 0.2) is 46.1 Å². The second kappa shape index (κ2) is 11.6. The number of morpholine rings is 1. The molecule has 35 heavy (non-hydrogen) atoms. The van der Waals surface area contributed by atoms with Gasteiger partial charge in [0.25, 0.3) is 5.56 Å². The number of aromatic amines is 1. The van der Waals surface area contributed by atoms with E-state index in [2.05, 4.69) is 4.98 Å². The number of H-pyrrole nitrogens is 1. The van der Waals surface area contributed by atoms with Crippen LogP contribution in [-0.2, 0) is 29.8 Å². The van der Waals surface area contributed by atoms with Crippen LogP contribution in [0.25, 0.3) is 0 Å². The summed E-state index contributed by atoms with van der Waals surface area (Å²) in [6.07, 6.45) is 0.211. The Hall–Kier alpha value is -2.27. The lowest BCUT2D eigenvalue weighted by molar-refractivity contribution is -0.163. The molecule has 0 spiro atoms. The van der Waals surface area contributed by atoms with Crippen LogP contribution < -0.4 is 11.2 Å². The highest BCUT2D eigenvalue weighted by Crippen LogP contribution is 2.54. The lowest BCUT2D eigenvalue weighted by atomic mass is 10.0. The third-order valence-electron chi connectivity index (χ3n) is 5.72. The first kappa shape index (κ1) is 27.3. The number of nitrogens with one attached hydrogen (secondary N) is 1. The quantitative estimate of drug-likeness (QED) is 0.383. The molecule has 1 saturated heterocycles. The summed E-state index contributed by atoms with van der Waals surface area (Å²) in [6.45, 7) is -1.77. The number of carbonyl (C=O) groups excluding carboxylic acids is 1. The largest absolute Gasteiger partial charge is 0.468 e. The summed E-state index contributed by atoms with van der Waals surface area (Å²) in [5.41, 5.74) is 0.101. The van der Waals surface area contributed by atoms with Gasteiger partial charge >= 0.3 is 18.5 Å². The molecule has 3 rings (SSSR count). The molecule has 1 fully saturated rings. The van der Waals surface area contributed by atoms with E-state index in [1.54, 1.807) is 6.92 Å². The van der Waals surface area contributed by atoms with Crippen molar-refractivity contribution in [1.29, 1.82) is 0 Å². The standard InChI is InChI=1S/C22H30ClN4O7P/c1-15-11-27(22(30)24-20(15)28)19-13-26(12-17(34-19)14-33-35(23,31)25(2)3)18(21(29)32-4)10-16-8-6-5-7-9-16/h5-9,11,17-19H,10,12-14H2,1-4H3,(H,24,28,30)/t17-,18?,19+,35?/m0/s1. The average molecular weight is 529 g/mol. The van der Waals surface area contributed by atoms with Crippen molar-refractivity contribution in [3.05, 3.63) is 68.5 Å². The van der Waals surface area contributed by atoms with E-state index in [1.807, 2.05) is 35.2 Å². The highest BCUT2D eigenvalue weighted by atomic mass is 35.7. The minimum Gasteiger partial charge on any atom is -0.468 e. The Morgan fingerprint density at radius 1 is 1.29 bits per heavy atom. The van der Waals surface area contributed by atoms with Gasteiger partial charge in [0.1, 0.15) is 6.04 Å². The molecule has 0 bridgehead atoms. The van der Waals surface area contributed by atoms with Gasteiger partial charge in [0.2, 0.25) is 0 Å². The predicted molar refractivity (Wildman–Crippen MR) is 131 cm³/mol. The van der Waals surface area contributed by atoms with Crippen LogP contribution in [0.1, 0.15) is 17.4 Å². The molecule has 1 aromatic heterocycles. The van der Waals surface area contributed by atoms with Crippen molar-refractivity contribution in [2.45, 2.75) is 31.7 Å². The topological polar surface area (TPSA) is 123 Å². The molecule has 2 unspecified atom stereocenters. The van der Waals surface area contributed by atoms with E-state index in [4.69, 9.17) is 25.2 Å². The number of rotatable bonds is 9. The van der Waals surface area contributed by atoms with Gasteiger partial charge in [-0.25, -0.2) is 9.46 Å². The van der Waals surface area contributed by atoms with E-state index in [0.29, 0.717) is 12.0 Å². The van der Waals surface area contributed by atoms with Crippen molar-refractivity contribution in [2.75, 3.05) is 40.9 Å². The third-order valence-corrected chi connectivity index (χ3v) is 8.34. The fraction of sp³-hybridized carbons (Fsp3) is 0.500. The Kier molecular flexibility index (Phi) is 9.09. The number of hydrogen-bond donors (Lipinski definition) is 1. The SMILES string of the molecule is COC(=O)C(Cc1ccccc1)N1C[C@@H](COP(=O)(Cl)N(C)C)O[C@@H](n2cc(C)c(=O)[nH]c2=O)C1. The molecule has 2 aromatic rings. The summed E-state index contributed by atoms with van der Waals surface area (Å²) in [5, 5.41) is 0. The van der Waals surface area contributed by atoms with Crippen molar-refractivity contribution >= 4 is 24.1 Å². The van der Waals surface area contributed by atoms with E-state index >= 15 is 0 Å². The summed E-state index contributed by atoms with van der Waals surface area (Å²) < 4.78 is 31.6. The first-order chi connectivity index (χ1) is 16.5.